The third-order valence-electron chi connectivity index (χ3n) is 3.10. The van der Waals surface area contributed by atoms with Gasteiger partial charge < -0.3 is 14.2 Å². The van der Waals surface area contributed by atoms with Crippen LogP contribution in [0.3, 0.4) is 0 Å². The summed E-state index contributed by atoms with van der Waals surface area (Å²) in [6.07, 6.45) is 1.99. The first-order valence-electron chi connectivity index (χ1n) is 7.35. The minimum atomic E-state index is -3.40. The van der Waals surface area contributed by atoms with Gasteiger partial charge in [0, 0.05) is 0 Å². The minimum Gasteiger partial charge on any atom is -0.388 e. The molecule has 1 N–H and O–H groups in total. The molecule has 0 heterocycles. The number of benzene rings is 1. The first-order valence-corrected chi connectivity index (χ1v) is 8.89. The van der Waals surface area contributed by atoms with E-state index in [0.29, 0.717) is 18.2 Å². The summed E-state index contributed by atoms with van der Waals surface area (Å²) in [5, 5.41) is 10.7. The number of hydrogen-bond donors (Lipinski definition) is 1. The highest BCUT2D eigenvalue weighted by Crippen LogP contribution is 2.57. The summed E-state index contributed by atoms with van der Waals surface area (Å²) in [5.74, 6) is 0. The van der Waals surface area contributed by atoms with Gasteiger partial charge in [0.2, 0.25) is 0 Å². The zero-order valence-corrected chi connectivity index (χ0v) is 13.9. The van der Waals surface area contributed by atoms with Crippen LogP contribution in [0.15, 0.2) is 41.7 Å². The molecule has 1 atom stereocenters. The van der Waals surface area contributed by atoms with E-state index < -0.39 is 13.7 Å². The van der Waals surface area contributed by atoms with Gasteiger partial charge in [0.1, 0.15) is 0 Å². The molecular formula is C16H25O4P. The summed E-state index contributed by atoms with van der Waals surface area (Å²) in [5.41, 5.74) is 1.13. The second-order valence-electron chi connectivity index (χ2n) is 4.59. The zero-order valence-electron chi connectivity index (χ0n) is 13.0. The van der Waals surface area contributed by atoms with Gasteiger partial charge in [-0.2, -0.15) is 0 Å². The molecule has 1 aromatic carbocycles. The lowest BCUT2D eigenvalue weighted by atomic mass is 10.1. The van der Waals surface area contributed by atoms with Gasteiger partial charge in [-0.05, 0) is 39.2 Å². The quantitative estimate of drug-likeness (QED) is 0.696. The molecule has 0 aliphatic rings. The van der Waals surface area contributed by atoms with Crippen molar-refractivity contribution in [3.63, 3.8) is 0 Å². The smallest absolute Gasteiger partial charge is 0.359 e. The maximum Gasteiger partial charge on any atom is 0.359 e. The van der Waals surface area contributed by atoms with Crippen molar-refractivity contribution < 1.29 is 18.7 Å². The van der Waals surface area contributed by atoms with Gasteiger partial charge in [-0.3, -0.25) is 4.57 Å². The Balaban J connectivity index is 2.76. The van der Waals surface area contributed by atoms with Gasteiger partial charge in [0.05, 0.1) is 24.6 Å². The first-order chi connectivity index (χ1) is 10.1. The lowest BCUT2D eigenvalue weighted by Crippen LogP contribution is -2.14. The Labute approximate surface area is 127 Å². The normalized spacial score (nSPS) is 14.2. The van der Waals surface area contributed by atoms with Crippen LogP contribution in [0.5, 0.6) is 0 Å². The van der Waals surface area contributed by atoms with Crippen LogP contribution in [0.2, 0.25) is 0 Å². The van der Waals surface area contributed by atoms with Gasteiger partial charge in [-0.1, -0.05) is 36.4 Å². The van der Waals surface area contributed by atoms with Gasteiger partial charge in [0.15, 0.2) is 0 Å². The van der Waals surface area contributed by atoms with Crippen LogP contribution in [0.1, 0.15) is 32.8 Å². The Morgan fingerprint density at radius 1 is 1.24 bits per heavy atom. The van der Waals surface area contributed by atoms with Crippen LogP contribution in [0, 0.1) is 0 Å². The largest absolute Gasteiger partial charge is 0.388 e. The monoisotopic (exact) mass is 312 g/mol. The van der Waals surface area contributed by atoms with E-state index in [9.17, 15) is 9.67 Å². The Kier molecular flexibility index (Phi) is 7.91. The highest BCUT2D eigenvalue weighted by molar-refractivity contribution is 7.58. The number of aliphatic hydroxyl groups excluding tert-OH is 1. The summed E-state index contributed by atoms with van der Waals surface area (Å²) >= 11 is 0. The van der Waals surface area contributed by atoms with Crippen molar-refractivity contribution in [1.82, 2.24) is 0 Å². The third kappa shape index (κ3) is 5.40. The maximum absolute atomic E-state index is 12.7. The molecule has 118 valence electrons. The summed E-state index contributed by atoms with van der Waals surface area (Å²) in [7, 11) is -3.40. The molecule has 0 saturated carbocycles. The molecule has 1 rings (SSSR count). The summed E-state index contributed by atoms with van der Waals surface area (Å²) < 4.78 is 23.3. The Morgan fingerprint density at radius 2 is 1.81 bits per heavy atom. The van der Waals surface area contributed by atoms with Crippen LogP contribution in [0.4, 0.5) is 0 Å². The van der Waals surface area contributed by atoms with E-state index in [1.807, 2.05) is 30.3 Å². The predicted octanol–water partition coefficient (Wildman–Crippen LogP) is 4.15. The molecule has 0 aliphatic carbocycles. The van der Waals surface area contributed by atoms with E-state index in [2.05, 4.69) is 0 Å². The molecule has 5 heteroatoms. The van der Waals surface area contributed by atoms with Crippen molar-refractivity contribution in [2.75, 3.05) is 13.2 Å². The second-order valence-corrected chi connectivity index (χ2v) is 6.61. The molecule has 1 aromatic rings. The molecule has 0 saturated heterocycles. The Bertz CT molecular complexity index is 474. The van der Waals surface area contributed by atoms with Gasteiger partial charge in [-0.15, -0.1) is 0 Å². The third-order valence-corrected chi connectivity index (χ3v) is 5.49. The number of aliphatic hydroxyl groups is 1. The average molecular weight is 312 g/mol. The van der Waals surface area contributed by atoms with Gasteiger partial charge in [0.25, 0.3) is 0 Å². The molecule has 4 nitrogen and oxygen atoms in total. The predicted molar refractivity (Wildman–Crippen MR) is 85.4 cm³/mol. The molecule has 0 aromatic heterocycles. The standard InChI is InChI=1S/C16H25O4P/c1-4-16(21(18,19-5-2)20-6-3)15(17)13-12-14-10-8-7-9-11-14/h4,7-11,15,17H,5-6,12-13H2,1-3H3/b16-4-. The van der Waals surface area contributed by atoms with Crippen molar-refractivity contribution in [2.24, 2.45) is 0 Å². The summed E-state index contributed by atoms with van der Waals surface area (Å²) in [6, 6.07) is 9.89. The minimum absolute atomic E-state index is 0.278. The van der Waals surface area contributed by atoms with E-state index in [1.54, 1.807) is 26.8 Å². The van der Waals surface area contributed by atoms with Crippen LogP contribution in [0.25, 0.3) is 0 Å². The molecular weight excluding hydrogens is 287 g/mol. The molecule has 0 bridgehead atoms. The Hall–Kier alpha value is -0.930. The molecule has 0 amide bonds. The molecule has 0 radical (unpaired) electrons. The molecule has 0 fully saturated rings. The number of hydrogen-bond acceptors (Lipinski definition) is 4. The second kappa shape index (κ2) is 9.16. The van der Waals surface area contributed by atoms with E-state index >= 15 is 0 Å². The van der Waals surface area contributed by atoms with Crippen LogP contribution in [-0.4, -0.2) is 24.4 Å². The number of aryl methyl sites for hydroxylation is 1. The lowest BCUT2D eigenvalue weighted by molar-refractivity contribution is 0.184. The Morgan fingerprint density at radius 3 is 2.29 bits per heavy atom. The van der Waals surface area contributed by atoms with Crippen LogP contribution in [-0.2, 0) is 20.0 Å². The van der Waals surface area contributed by atoms with Crippen molar-refractivity contribution >= 4 is 7.60 Å². The van der Waals surface area contributed by atoms with Crippen LogP contribution >= 0.6 is 7.60 Å². The fraction of sp³-hybridized carbons (Fsp3) is 0.500. The van der Waals surface area contributed by atoms with Crippen molar-refractivity contribution in [2.45, 2.75) is 39.7 Å². The maximum atomic E-state index is 12.7. The highest BCUT2D eigenvalue weighted by Gasteiger charge is 2.33. The summed E-state index contributed by atoms with van der Waals surface area (Å²) in [4.78, 5) is 0. The fourth-order valence-electron chi connectivity index (χ4n) is 2.16. The fourth-order valence-corrected chi connectivity index (χ4v) is 4.02. The lowest BCUT2D eigenvalue weighted by Gasteiger charge is -2.23. The molecule has 0 aliphatic heterocycles. The molecule has 0 spiro atoms. The van der Waals surface area contributed by atoms with Crippen molar-refractivity contribution in [3.05, 3.63) is 47.3 Å². The van der Waals surface area contributed by atoms with Crippen molar-refractivity contribution in [1.29, 1.82) is 0 Å². The first kappa shape index (κ1) is 18.1. The number of rotatable bonds is 9. The van der Waals surface area contributed by atoms with Gasteiger partial charge in [-0.25, -0.2) is 0 Å². The average Bonchev–Trinajstić information content (AvgIpc) is 2.47. The topological polar surface area (TPSA) is 55.8 Å². The van der Waals surface area contributed by atoms with E-state index in [4.69, 9.17) is 9.05 Å². The SMILES string of the molecule is C/C=C(/C(O)CCc1ccccc1)P(=O)(OCC)OCC. The van der Waals surface area contributed by atoms with E-state index in [-0.39, 0.29) is 13.2 Å². The molecule has 1 unspecified atom stereocenters. The van der Waals surface area contributed by atoms with Crippen molar-refractivity contribution in [3.8, 4) is 0 Å². The van der Waals surface area contributed by atoms with E-state index in [1.165, 1.54) is 0 Å². The highest BCUT2D eigenvalue weighted by atomic mass is 31.2. The van der Waals surface area contributed by atoms with Crippen LogP contribution < -0.4 is 0 Å². The molecule has 21 heavy (non-hydrogen) atoms. The summed E-state index contributed by atoms with van der Waals surface area (Å²) in [6.45, 7) is 5.82. The number of allylic oxidation sites excluding steroid dienone is 1. The van der Waals surface area contributed by atoms with Gasteiger partial charge >= 0.3 is 7.60 Å². The van der Waals surface area contributed by atoms with E-state index in [0.717, 1.165) is 5.56 Å². The zero-order chi connectivity index (χ0) is 15.7.